The quantitative estimate of drug-likeness (QED) is 0.628. The maximum atomic E-state index is 12.5. The first kappa shape index (κ1) is 19.8. The van der Waals surface area contributed by atoms with E-state index in [0.717, 1.165) is 8.78 Å². The van der Waals surface area contributed by atoms with Crippen molar-refractivity contribution in [1.82, 2.24) is 24.4 Å². The summed E-state index contributed by atoms with van der Waals surface area (Å²) in [5.41, 5.74) is 0. The summed E-state index contributed by atoms with van der Waals surface area (Å²) in [7, 11) is -2.37. The zero-order valence-corrected chi connectivity index (χ0v) is 16.9. The molecule has 0 unspecified atom stereocenters. The number of H-pyrrole nitrogens is 1. The molecule has 0 spiro atoms. The van der Waals surface area contributed by atoms with Crippen molar-refractivity contribution in [2.45, 2.75) is 24.9 Å². The van der Waals surface area contributed by atoms with Gasteiger partial charge in [-0.25, -0.2) is 8.42 Å². The molecular formula is C14H18BrN5O3S2. The number of hydrogen-bond donors (Lipinski definition) is 2. The Bertz CT molecular complexity index is 905. The van der Waals surface area contributed by atoms with Crippen molar-refractivity contribution in [1.29, 1.82) is 0 Å². The van der Waals surface area contributed by atoms with Crippen LogP contribution in [0.5, 0.6) is 0 Å². The highest BCUT2D eigenvalue weighted by molar-refractivity contribution is 9.10. The third-order valence-corrected chi connectivity index (χ3v) is 6.14. The summed E-state index contributed by atoms with van der Waals surface area (Å²) in [6.45, 7) is 2.40. The van der Waals surface area contributed by atoms with Gasteiger partial charge in [0.1, 0.15) is 0 Å². The average molecular weight is 448 g/mol. The number of likely N-dealkylation sites (N-methyl/N-ethyl adjacent to an activating group) is 1. The molecule has 0 saturated carbocycles. The largest absolute Gasteiger partial charge is 0.348 e. The van der Waals surface area contributed by atoms with E-state index in [1.807, 2.05) is 6.92 Å². The molecule has 1 aromatic carbocycles. The Hall–Kier alpha value is -1.56. The first-order chi connectivity index (χ1) is 11.8. The molecule has 0 aliphatic heterocycles. The van der Waals surface area contributed by atoms with E-state index in [1.54, 1.807) is 16.7 Å². The minimum atomic E-state index is -3.73. The van der Waals surface area contributed by atoms with Crippen molar-refractivity contribution in [3.05, 3.63) is 39.3 Å². The summed E-state index contributed by atoms with van der Waals surface area (Å²) in [5.74, 6) is 0.152. The maximum Gasteiger partial charge on any atom is 0.243 e. The van der Waals surface area contributed by atoms with Crippen molar-refractivity contribution in [2.75, 3.05) is 13.6 Å². The SMILES string of the molecule is CCn1c(CNC(=O)CN(C)S(=O)(=O)c2ccc(Br)cc2)n[nH]c1=S. The first-order valence-electron chi connectivity index (χ1n) is 7.38. The minimum Gasteiger partial charge on any atom is -0.348 e. The lowest BCUT2D eigenvalue weighted by molar-refractivity contribution is -0.121. The second-order valence-corrected chi connectivity index (χ2v) is 8.53. The average Bonchev–Trinajstić information content (AvgIpc) is 2.93. The lowest BCUT2D eigenvalue weighted by Gasteiger charge is -2.17. The highest BCUT2D eigenvalue weighted by atomic mass is 79.9. The second-order valence-electron chi connectivity index (χ2n) is 5.18. The summed E-state index contributed by atoms with van der Waals surface area (Å²) in [5, 5.41) is 9.34. The Morgan fingerprint density at radius 3 is 2.64 bits per heavy atom. The van der Waals surface area contributed by atoms with Crippen LogP contribution in [0.3, 0.4) is 0 Å². The summed E-state index contributed by atoms with van der Waals surface area (Å²) >= 11 is 8.33. The van der Waals surface area contributed by atoms with Crippen molar-refractivity contribution in [2.24, 2.45) is 0 Å². The van der Waals surface area contributed by atoms with E-state index >= 15 is 0 Å². The fourth-order valence-electron chi connectivity index (χ4n) is 2.12. The van der Waals surface area contributed by atoms with Crippen molar-refractivity contribution >= 4 is 44.1 Å². The van der Waals surface area contributed by atoms with Crippen LogP contribution in [0.25, 0.3) is 0 Å². The molecule has 1 amide bonds. The molecule has 2 N–H and O–H groups in total. The van der Waals surface area contributed by atoms with Gasteiger partial charge in [-0.3, -0.25) is 9.89 Å². The molecular weight excluding hydrogens is 430 g/mol. The maximum absolute atomic E-state index is 12.5. The fraction of sp³-hybridized carbons (Fsp3) is 0.357. The molecule has 0 radical (unpaired) electrons. The molecule has 0 bridgehead atoms. The first-order valence-corrected chi connectivity index (χ1v) is 10.0. The Kier molecular flexibility index (Phi) is 6.49. The zero-order valence-electron chi connectivity index (χ0n) is 13.7. The number of nitrogens with one attached hydrogen (secondary N) is 2. The third-order valence-electron chi connectivity index (χ3n) is 3.49. The molecule has 1 aromatic heterocycles. The zero-order chi connectivity index (χ0) is 18.6. The summed E-state index contributed by atoms with van der Waals surface area (Å²) in [6.07, 6.45) is 0. The number of benzene rings is 1. The Labute approximate surface area is 159 Å². The van der Waals surface area contributed by atoms with Gasteiger partial charge in [-0.1, -0.05) is 15.9 Å². The number of halogens is 1. The Morgan fingerprint density at radius 1 is 1.40 bits per heavy atom. The molecule has 0 aliphatic rings. The predicted octanol–water partition coefficient (Wildman–Crippen LogP) is 1.66. The third kappa shape index (κ3) is 4.75. The monoisotopic (exact) mass is 447 g/mol. The number of carbonyl (C=O) groups excluding carboxylic acids is 1. The van der Waals surface area contributed by atoms with Gasteiger partial charge in [-0.2, -0.15) is 9.40 Å². The number of rotatable bonds is 7. The van der Waals surface area contributed by atoms with E-state index < -0.39 is 15.9 Å². The van der Waals surface area contributed by atoms with E-state index in [0.29, 0.717) is 17.1 Å². The van der Waals surface area contributed by atoms with Gasteiger partial charge >= 0.3 is 0 Å². The summed E-state index contributed by atoms with van der Waals surface area (Å²) in [4.78, 5) is 12.2. The van der Waals surface area contributed by atoms with Crippen LogP contribution in [-0.4, -0.2) is 47.0 Å². The van der Waals surface area contributed by atoms with Crippen LogP contribution in [0.1, 0.15) is 12.7 Å². The van der Waals surface area contributed by atoms with Gasteiger partial charge in [0.2, 0.25) is 15.9 Å². The molecule has 25 heavy (non-hydrogen) atoms. The molecule has 0 aliphatic carbocycles. The van der Waals surface area contributed by atoms with Crippen molar-refractivity contribution < 1.29 is 13.2 Å². The standard InChI is InChI=1S/C14H18BrN5O3S2/c1-3-20-12(17-18-14(20)24)8-16-13(21)9-19(2)25(22,23)11-6-4-10(15)5-7-11/h4-7H,3,8-9H2,1-2H3,(H,16,21)(H,18,24). The Balaban J connectivity index is 1.99. The van der Waals surface area contributed by atoms with Crippen LogP contribution in [-0.2, 0) is 27.9 Å². The molecule has 0 fully saturated rings. The van der Waals surface area contributed by atoms with Crippen LogP contribution in [0, 0.1) is 4.77 Å². The number of aromatic amines is 1. The molecule has 2 aromatic rings. The van der Waals surface area contributed by atoms with Crippen LogP contribution < -0.4 is 5.32 Å². The molecule has 1 heterocycles. The lowest BCUT2D eigenvalue weighted by Crippen LogP contribution is -2.38. The highest BCUT2D eigenvalue weighted by Gasteiger charge is 2.23. The normalized spacial score (nSPS) is 11.7. The highest BCUT2D eigenvalue weighted by Crippen LogP contribution is 2.17. The van der Waals surface area contributed by atoms with Gasteiger partial charge in [0, 0.05) is 18.1 Å². The molecule has 11 heteroatoms. The Morgan fingerprint density at radius 2 is 2.04 bits per heavy atom. The van der Waals surface area contributed by atoms with Gasteiger partial charge in [0.25, 0.3) is 0 Å². The second kappa shape index (κ2) is 8.21. The van der Waals surface area contributed by atoms with Crippen LogP contribution in [0.2, 0.25) is 0 Å². The minimum absolute atomic E-state index is 0.123. The van der Waals surface area contributed by atoms with Gasteiger partial charge in [0.05, 0.1) is 18.0 Å². The van der Waals surface area contributed by atoms with E-state index in [1.165, 1.54) is 19.2 Å². The van der Waals surface area contributed by atoms with E-state index in [4.69, 9.17) is 12.2 Å². The van der Waals surface area contributed by atoms with Crippen molar-refractivity contribution in [3.63, 3.8) is 0 Å². The summed E-state index contributed by atoms with van der Waals surface area (Å²) < 4.78 is 28.9. The smallest absolute Gasteiger partial charge is 0.243 e. The molecule has 8 nitrogen and oxygen atoms in total. The fourth-order valence-corrected chi connectivity index (χ4v) is 3.79. The molecule has 0 atom stereocenters. The number of nitrogens with zero attached hydrogens (tertiary/aromatic N) is 3. The van der Waals surface area contributed by atoms with Gasteiger partial charge < -0.3 is 9.88 Å². The molecule has 2 rings (SSSR count). The number of aromatic nitrogens is 3. The van der Waals surface area contributed by atoms with Crippen molar-refractivity contribution in [3.8, 4) is 0 Å². The molecule has 0 saturated heterocycles. The number of sulfonamides is 1. The van der Waals surface area contributed by atoms with Crippen LogP contribution >= 0.6 is 28.1 Å². The van der Waals surface area contributed by atoms with Crippen LogP contribution in [0.4, 0.5) is 0 Å². The van der Waals surface area contributed by atoms with Gasteiger partial charge in [-0.15, -0.1) is 0 Å². The van der Waals surface area contributed by atoms with E-state index in [-0.39, 0.29) is 18.0 Å². The number of hydrogen-bond acceptors (Lipinski definition) is 5. The predicted molar refractivity (Wildman–Crippen MR) is 98.9 cm³/mol. The van der Waals surface area contributed by atoms with E-state index in [2.05, 4.69) is 31.4 Å². The number of carbonyl (C=O) groups is 1. The molecule has 136 valence electrons. The van der Waals surface area contributed by atoms with E-state index in [9.17, 15) is 13.2 Å². The number of amides is 1. The van der Waals surface area contributed by atoms with Crippen LogP contribution in [0.15, 0.2) is 33.6 Å². The van der Waals surface area contributed by atoms with Gasteiger partial charge in [0.15, 0.2) is 10.6 Å². The van der Waals surface area contributed by atoms with Gasteiger partial charge in [-0.05, 0) is 43.4 Å². The summed E-state index contributed by atoms with van der Waals surface area (Å²) in [6, 6.07) is 6.22. The topological polar surface area (TPSA) is 100 Å². The lowest BCUT2D eigenvalue weighted by atomic mass is 10.4.